The molecule has 0 radical (unpaired) electrons. The van der Waals surface area contributed by atoms with Gasteiger partial charge in [-0.1, -0.05) is 78.9 Å². The first-order chi connectivity index (χ1) is 12.3. The number of para-hydroxylation sites is 2. The molecule has 1 aliphatic heterocycles. The largest absolute Gasteiger partial charge is 0.279 e. The Morgan fingerprint density at radius 2 is 1.32 bits per heavy atom. The van der Waals surface area contributed by atoms with Crippen molar-refractivity contribution in [2.75, 3.05) is 5.01 Å². The van der Waals surface area contributed by atoms with Crippen molar-refractivity contribution in [1.82, 2.24) is 5.43 Å². The first kappa shape index (κ1) is 15.5. The molecule has 0 amide bonds. The van der Waals surface area contributed by atoms with E-state index >= 15 is 0 Å². The summed E-state index contributed by atoms with van der Waals surface area (Å²) in [5.74, 6) is 0.767. The van der Waals surface area contributed by atoms with Crippen LogP contribution in [-0.2, 0) is 0 Å². The number of hydrazine groups is 1. The molecule has 3 aromatic carbocycles. The number of benzene rings is 3. The van der Waals surface area contributed by atoms with Gasteiger partial charge in [-0.3, -0.25) is 5.43 Å². The van der Waals surface area contributed by atoms with E-state index in [1.54, 1.807) is 0 Å². The summed E-state index contributed by atoms with van der Waals surface area (Å²) in [6.45, 7) is 0. The van der Waals surface area contributed by atoms with E-state index in [2.05, 4.69) is 17.6 Å². The number of hydrogen-bond donors (Lipinski definition) is 1. The van der Waals surface area contributed by atoms with Crippen LogP contribution in [0.4, 0.5) is 11.4 Å². The maximum absolute atomic E-state index is 5.80. The number of anilines is 1. The second-order valence-corrected chi connectivity index (χ2v) is 6.22. The second kappa shape index (κ2) is 6.87. The topological polar surface area (TPSA) is 27.6 Å². The Kier molecular flexibility index (Phi) is 4.27. The van der Waals surface area contributed by atoms with Crippen LogP contribution in [0.2, 0.25) is 0 Å². The van der Waals surface area contributed by atoms with Crippen LogP contribution in [-0.4, -0.2) is 10.8 Å². The molecule has 0 spiro atoms. The van der Waals surface area contributed by atoms with E-state index in [-0.39, 0.29) is 5.92 Å². The van der Waals surface area contributed by atoms with E-state index in [0.29, 0.717) is 0 Å². The quantitative estimate of drug-likeness (QED) is 0.689. The Morgan fingerprint density at radius 1 is 0.760 bits per heavy atom. The van der Waals surface area contributed by atoms with Gasteiger partial charge in [-0.2, -0.15) is 0 Å². The van der Waals surface area contributed by atoms with Crippen molar-refractivity contribution >= 4 is 34.4 Å². The minimum absolute atomic E-state index is 0.0726. The Morgan fingerprint density at radius 3 is 1.96 bits per heavy atom. The molecule has 1 N–H and O–H groups in total. The minimum Gasteiger partial charge on any atom is -0.279 e. The molecular formula is C21H17N3S. The molecular weight excluding hydrogens is 326 g/mol. The van der Waals surface area contributed by atoms with Crippen molar-refractivity contribution < 1.29 is 0 Å². The first-order valence-corrected chi connectivity index (χ1v) is 8.58. The van der Waals surface area contributed by atoms with Crippen LogP contribution < -0.4 is 10.4 Å². The van der Waals surface area contributed by atoms with E-state index in [9.17, 15) is 0 Å². The number of nitrogens with zero attached hydrogens (tertiary/aromatic N) is 2. The maximum Gasteiger partial charge on any atom is 0.136 e. The smallest absolute Gasteiger partial charge is 0.136 e. The van der Waals surface area contributed by atoms with Crippen LogP contribution in [0, 0.1) is 0 Å². The molecule has 25 heavy (non-hydrogen) atoms. The normalized spacial score (nSPS) is 18.4. The zero-order chi connectivity index (χ0) is 17.1. The zero-order valence-corrected chi connectivity index (χ0v) is 14.4. The fourth-order valence-corrected chi connectivity index (χ4v) is 3.32. The number of aliphatic imine (C=N–C) groups is 1. The van der Waals surface area contributed by atoms with Crippen LogP contribution in [0.1, 0.15) is 11.5 Å². The molecule has 1 atom stereocenters. The molecule has 1 saturated heterocycles. The lowest BCUT2D eigenvalue weighted by atomic mass is 9.99. The van der Waals surface area contributed by atoms with Crippen molar-refractivity contribution in [2.45, 2.75) is 5.92 Å². The van der Waals surface area contributed by atoms with E-state index < -0.39 is 0 Å². The van der Waals surface area contributed by atoms with E-state index in [0.717, 1.165) is 27.8 Å². The summed E-state index contributed by atoms with van der Waals surface area (Å²) >= 11 is 5.80. The van der Waals surface area contributed by atoms with Gasteiger partial charge in [-0.25, -0.2) is 10.0 Å². The molecule has 1 heterocycles. The van der Waals surface area contributed by atoms with Crippen molar-refractivity contribution in [3.8, 4) is 0 Å². The molecule has 0 bridgehead atoms. The van der Waals surface area contributed by atoms with Crippen LogP contribution in [0.3, 0.4) is 0 Å². The highest BCUT2D eigenvalue weighted by Crippen LogP contribution is 2.30. The number of nitrogens with one attached hydrogen (secondary N) is 1. The average molecular weight is 343 g/mol. The summed E-state index contributed by atoms with van der Waals surface area (Å²) < 4.78 is 0. The van der Waals surface area contributed by atoms with Crippen molar-refractivity contribution in [3.63, 3.8) is 0 Å². The van der Waals surface area contributed by atoms with Gasteiger partial charge in [0.1, 0.15) is 10.8 Å². The molecule has 0 aromatic heterocycles. The van der Waals surface area contributed by atoms with Crippen LogP contribution >= 0.6 is 12.2 Å². The van der Waals surface area contributed by atoms with E-state index in [4.69, 9.17) is 17.2 Å². The van der Waals surface area contributed by atoms with Gasteiger partial charge < -0.3 is 0 Å². The number of rotatable bonds is 3. The lowest BCUT2D eigenvalue weighted by Crippen LogP contribution is -2.35. The summed E-state index contributed by atoms with van der Waals surface area (Å²) in [6.07, 6.45) is 0. The molecule has 0 saturated carbocycles. The first-order valence-electron chi connectivity index (χ1n) is 8.17. The van der Waals surface area contributed by atoms with Crippen LogP contribution in [0.15, 0.2) is 96.0 Å². The molecule has 122 valence electrons. The van der Waals surface area contributed by atoms with Gasteiger partial charge >= 0.3 is 0 Å². The van der Waals surface area contributed by atoms with Crippen molar-refractivity contribution in [2.24, 2.45) is 4.99 Å². The number of amidine groups is 1. The third-order valence-corrected chi connectivity index (χ3v) is 4.54. The molecule has 4 rings (SSSR count). The lowest BCUT2D eigenvalue weighted by molar-refractivity contribution is 1.00. The van der Waals surface area contributed by atoms with Crippen LogP contribution in [0.5, 0.6) is 0 Å². The summed E-state index contributed by atoms with van der Waals surface area (Å²) in [7, 11) is 0. The Bertz CT molecular complexity index is 892. The third-order valence-electron chi connectivity index (χ3n) is 4.12. The predicted molar refractivity (Wildman–Crippen MR) is 107 cm³/mol. The average Bonchev–Trinajstić information content (AvgIpc) is 3.00. The minimum atomic E-state index is -0.0726. The highest BCUT2D eigenvalue weighted by atomic mass is 32.1. The van der Waals surface area contributed by atoms with Gasteiger partial charge in [0, 0.05) is 0 Å². The molecule has 3 nitrogen and oxygen atoms in total. The highest BCUT2D eigenvalue weighted by molar-refractivity contribution is 7.80. The van der Waals surface area contributed by atoms with Gasteiger partial charge in [-0.05, 0) is 29.8 Å². The second-order valence-electron chi connectivity index (χ2n) is 5.80. The Labute approximate surface area is 152 Å². The molecule has 1 unspecified atom stereocenters. The molecule has 3 aromatic rings. The number of thiocarbonyl (C=S) groups is 1. The van der Waals surface area contributed by atoms with Gasteiger partial charge in [0.05, 0.1) is 17.3 Å². The summed E-state index contributed by atoms with van der Waals surface area (Å²) in [5, 5.41) is 1.94. The van der Waals surface area contributed by atoms with Gasteiger partial charge in [-0.15, -0.1) is 0 Å². The number of hydrogen-bond acceptors (Lipinski definition) is 2. The summed E-state index contributed by atoms with van der Waals surface area (Å²) in [5.41, 5.74) is 6.44. The third kappa shape index (κ3) is 3.16. The monoisotopic (exact) mass is 343 g/mol. The molecule has 1 aliphatic rings. The Hall–Kier alpha value is -2.98. The van der Waals surface area contributed by atoms with Gasteiger partial charge in [0.25, 0.3) is 0 Å². The van der Waals surface area contributed by atoms with E-state index in [1.165, 1.54) is 0 Å². The molecule has 1 fully saturated rings. The summed E-state index contributed by atoms with van der Waals surface area (Å²) in [4.78, 5) is 5.62. The lowest BCUT2D eigenvalue weighted by Gasteiger charge is -2.18. The Balaban J connectivity index is 1.77. The fraction of sp³-hybridized carbons (Fsp3) is 0.0476. The standard InChI is InChI=1S/C21H17N3S/c25-21-19(16-10-4-1-5-11-16)20(22-17-12-6-2-7-13-17)23-24(21)18-14-8-3-9-15-18/h1-15,19H,(H,22,23). The predicted octanol–water partition coefficient (Wildman–Crippen LogP) is 4.85. The van der Waals surface area contributed by atoms with Crippen molar-refractivity contribution in [1.29, 1.82) is 0 Å². The maximum atomic E-state index is 5.80. The van der Waals surface area contributed by atoms with E-state index in [1.807, 2.05) is 83.9 Å². The van der Waals surface area contributed by atoms with Gasteiger partial charge in [0.15, 0.2) is 0 Å². The van der Waals surface area contributed by atoms with Crippen LogP contribution in [0.25, 0.3) is 0 Å². The summed E-state index contributed by atoms with van der Waals surface area (Å²) in [6, 6.07) is 30.3. The zero-order valence-electron chi connectivity index (χ0n) is 13.5. The molecule has 4 heteroatoms. The van der Waals surface area contributed by atoms with Crippen molar-refractivity contribution in [3.05, 3.63) is 96.6 Å². The molecule has 0 aliphatic carbocycles. The van der Waals surface area contributed by atoms with Gasteiger partial charge in [0.2, 0.25) is 0 Å². The fourth-order valence-electron chi connectivity index (χ4n) is 2.93. The SMILES string of the molecule is S=C1C(c2ccccc2)C(=Nc2ccccc2)NN1c1ccccc1. The highest BCUT2D eigenvalue weighted by Gasteiger charge is 2.35.